The van der Waals surface area contributed by atoms with Crippen molar-refractivity contribution in [3.05, 3.63) is 28.8 Å². The summed E-state index contributed by atoms with van der Waals surface area (Å²) in [5, 5.41) is 0. The topological polar surface area (TPSA) is 46.6 Å². The molecule has 0 atom stereocenters. The first-order valence-electron chi connectivity index (χ1n) is 6.04. The normalized spacial score (nSPS) is 15.1. The number of carbonyl (C=O) groups excluding carboxylic acids is 2. The molecule has 0 aromatic heterocycles. The van der Waals surface area contributed by atoms with Gasteiger partial charge in [0.2, 0.25) is 0 Å². The molecule has 1 aromatic carbocycles. The highest BCUT2D eigenvalue weighted by atomic mass is 16.6. The first-order chi connectivity index (χ1) is 8.49. The predicted octanol–water partition coefficient (Wildman–Crippen LogP) is 2.39. The maximum Gasteiger partial charge on any atom is 0.415 e. The first kappa shape index (κ1) is 12.6. The van der Waals surface area contributed by atoms with Gasteiger partial charge in [0.15, 0.2) is 5.78 Å². The van der Waals surface area contributed by atoms with Gasteiger partial charge in [-0.15, -0.1) is 0 Å². The molecule has 0 N–H and O–H groups in total. The molecule has 0 aliphatic carbocycles. The third kappa shape index (κ3) is 2.37. The van der Waals surface area contributed by atoms with Gasteiger partial charge in [-0.05, 0) is 37.5 Å². The molecule has 0 spiro atoms. The molecule has 1 heterocycles. The number of carbonyl (C=O) groups is 2. The second-order valence-corrected chi connectivity index (χ2v) is 4.73. The van der Waals surface area contributed by atoms with E-state index in [9.17, 15) is 9.59 Å². The fourth-order valence-electron chi connectivity index (χ4n) is 2.02. The van der Waals surface area contributed by atoms with Crippen LogP contribution in [-0.2, 0) is 4.79 Å². The van der Waals surface area contributed by atoms with Crippen LogP contribution >= 0.6 is 0 Å². The minimum atomic E-state index is -0.433. The summed E-state index contributed by atoms with van der Waals surface area (Å²) in [6.07, 6.45) is -0.00130. The molecule has 1 fully saturated rings. The van der Waals surface area contributed by atoms with Gasteiger partial charge in [0, 0.05) is 13.0 Å². The summed E-state index contributed by atoms with van der Waals surface area (Å²) in [6, 6.07) is 3.93. The Labute approximate surface area is 107 Å². The lowest BCUT2D eigenvalue weighted by molar-refractivity contribution is -0.116. The fraction of sp³-hybridized carbons (Fsp3) is 0.429. The van der Waals surface area contributed by atoms with Gasteiger partial charge in [0.1, 0.15) is 5.75 Å². The minimum Gasteiger partial charge on any atom is -0.410 e. The summed E-state index contributed by atoms with van der Waals surface area (Å²) in [4.78, 5) is 24.5. The summed E-state index contributed by atoms with van der Waals surface area (Å²) in [5.74, 6) is 0.698. The molecule has 0 unspecified atom stereocenters. The van der Waals surface area contributed by atoms with Crippen LogP contribution in [0.4, 0.5) is 4.79 Å². The molecule has 4 heteroatoms. The van der Waals surface area contributed by atoms with E-state index in [1.165, 1.54) is 4.90 Å². The number of ketones is 1. The summed E-state index contributed by atoms with van der Waals surface area (Å²) in [7, 11) is 0. The van der Waals surface area contributed by atoms with Crippen molar-refractivity contribution >= 4 is 11.9 Å². The van der Waals surface area contributed by atoms with E-state index in [1.54, 1.807) is 0 Å². The largest absolute Gasteiger partial charge is 0.415 e. The maximum atomic E-state index is 11.9. The van der Waals surface area contributed by atoms with Crippen molar-refractivity contribution in [2.75, 3.05) is 13.1 Å². The molecule has 18 heavy (non-hydrogen) atoms. The van der Waals surface area contributed by atoms with Crippen LogP contribution < -0.4 is 4.74 Å². The Kier molecular flexibility index (Phi) is 3.36. The number of likely N-dealkylation sites (tertiary alicyclic amines) is 1. The van der Waals surface area contributed by atoms with E-state index in [2.05, 4.69) is 0 Å². The van der Waals surface area contributed by atoms with Crippen LogP contribution in [0.1, 0.15) is 23.1 Å². The standard InChI is InChI=1S/C14H17NO3/c1-9-4-5-10(2)13(11(9)3)18-14(17)15-7-6-12(16)8-15/h4-5H,6-8H2,1-3H3. The molecular weight excluding hydrogens is 230 g/mol. The number of Topliss-reactive ketones (excluding diaryl/α,β-unsaturated/α-hetero) is 1. The summed E-state index contributed by atoms with van der Waals surface area (Å²) < 4.78 is 5.42. The van der Waals surface area contributed by atoms with E-state index in [-0.39, 0.29) is 12.3 Å². The second kappa shape index (κ2) is 4.80. The SMILES string of the molecule is Cc1ccc(C)c(OC(=O)N2CCC(=O)C2)c1C. The lowest BCUT2D eigenvalue weighted by Crippen LogP contribution is -2.31. The smallest absolute Gasteiger partial charge is 0.410 e. The highest BCUT2D eigenvalue weighted by molar-refractivity contribution is 5.87. The minimum absolute atomic E-state index is 0.0876. The maximum absolute atomic E-state index is 11.9. The van der Waals surface area contributed by atoms with Gasteiger partial charge in [0.05, 0.1) is 6.54 Å². The van der Waals surface area contributed by atoms with Crippen molar-refractivity contribution in [3.8, 4) is 5.75 Å². The van der Waals surface area contributed by atoms with Gasteiger partial charge in [-0.25, -0.2) is 4.79 Å². The molecule has 1 aliphatic heterocycles. The van der Waals surface area contributed by atoms with E-state index in [0.29, 0.717) is 18.7 Å². The molecule has 1 aliphatic rings. The second-order valence-electron chi connectivity index (χ2n) is 4.73. The first-order valence-corrected chi connectivity index (χ1v) is 6.04. The van der Waals surface area contributed by atoms with E-state index < -0.39 is 6.09 Å². The molecule has 1 saturated heterocycles. The molecule has 0 bridgehead atoms. The van der Waals surface area contributed by atoms with Gasteiger partial charge >= 0.3 is 6.09 Å². The molecule has 4 nitrogen and oxygen atoms in total. The Morgan fingerprint density at radius 3 is 2.50 bits per heavy atom. The van der Waals surface area contributed by atoms with Crippen molar-refractivity contribution in [2.45, 2.75) is 27.2 Å². The number of benzene rings is 1. The zero-order valence-electron chi connectivity index (χ0n) is 10.9. The van der Waals surface area contributed by atoms with Crippen LogP contribution in [0.2, 0.25) is 0 Å². The average molecular weight is 247 g/mol. The lowest BCUT2D eigenvalue weighted by atomic mass is 10.1. The van der Waals surface area contributed by atoms with Crippen molar-refractivity contribution in [1.29, 1.82) is 0 Å². The molecule has 96 valence electrons. The third-order valence-electron chi connectivity index (χ3n) is 3.35. The van der Waals surface area contributed by atoms with E-state index in [0.717, 1.165) is 16.7 Å². The van der Waals surface area contributed by atoms with Crippen molar-refractivity contribution < 1.29 is 14.3 Å². The number of nitrogens with zero attached hydrogens (tertiary/aromatic N) is 1. The van der Waals surface area contributed by atoms with E-state index >= 15 is 0 Å². The Balaban J connectivity index is 2.17. The van der Waals surface area contributed by atoms with Crippen molar-refractivity contribution in [3.63, 3.8) is 0 Å². The van der Waals surface area contributed by atoms with Crippen LogP contribution in [-0.4, -0.2) is 29.9 Å². The van der Waals surface area contributed by atoms with Crippen LogP contribution in [0, 0.1) is 20.8 Å². The number of rotatable bonds is 1. The van der Waals surface area contributed by atoms with Crippen LogP contribution in [0.5, 0.6) is 5.75 Å². The number of hydrogen-bond donors (Lipinski definition) is 0. The van der Waals surface area contributed by atoms with Crippen LogP contribution in [0.15, 0.2) is 12.1 Å². The number of amides is 1. The Hall–Kier alpha value is -1.84. The highest BCUT2D eigenvalue weighted by Gasteiger charge is 2.26. The van der Waals surface area contributed by atoms with Gasteiger partial charge in [-0.2, -0.15) is 0 Å². The average Bonchev–Trinajstić information content (AvgIpc) is 2.76. The van der Waals surface area contributed by atoms with E-state index in [1.807, 2.05) is 32.9 Å². The van der Waals surface area contributed by atoms with Crippen LogP contribution in [0.25, 0.3) is 0 Å². The van der Waals surface area contributed by atoms with E-state index in [4.69, 9.17) is 4.74 Å². The molecule has 1 aromatic rings. The summed E-state index contributed by atoms with van der Waals surface area (Å²) >= 11 is 0. The van der Waals surface area contributed by atoms with Gasteiger partial charge in [-0.1, -0.05) is 12.1 Å². The fourth-order valence-corrected chi connectivity index (χ4v) is 2.02. The number of ether oxygens (including phenoxy) is 1. The Bertz CT molecular complexity index is 508. The lowest BCUT2D eigenvalue weighted by Gasteiger charge is -2.17. The zero-order chi connectivity index (χ0) is 13.3. The monoisotopic (exact) mass is 247 g/mol. The third-order valence-corrected chi connectivity index (χ3v) is 3.35. The predicted molar refractivity (Wildman–Crippen MR) is 67.9 cm³/mol. The van der Waals surface area contributed by atoms with Crippen molar-refractivity contribution in [1.82, 2.24) is 4.90 Å². The molecule has 1 amide bonds. The van der Waals surface area contributed by atoms with Gasteiger partial charge in [-0.3, -0.25) is 4.79 Å². The Morgan fingerprint density at radius 1 is 1.22 bits per heavy atom. The highest BCUT2D eigenvalue weighted by Crippen LogP contribution is 2.26. The number of aryl methyl sites for hydroxylation is 2. The molecular formula is C14H17NO3. The van der Waals surface area contributed by atoms with Gasteiger partial charge < -0.3 is 9.64 Å². The van der Waals surface area contributed by atoms with Gasteiger partial charge in [0.25, 0.3) is 0 Å². The Morgan fingerprint density at radius 2 is 1.89 bits per heavy atom. The summed E-state index contributed by atoms with van der Waals surface area (Å²) in [5.41, 5.74) is 2.98. The van der Waals surface area contributed by atoms with Crippen LogP contribution in [0.3, 0.4) is 0 Å². The van der Waals surface area contributed by atoms with Crippen molar-refractivity contribution in [2.24, 2.45) is 0 Å². The quantitative estimate of drug-likeness (QED) is 0.765. The molecule has 2 rings (SSSR count). The molecule has 0 saturated carbocycles. The number of hydrogen-bond acceptors (Lipinski definition) is 3. The summed E-state index contributed by atoms with van der Waals surface area (Å²) in [6.45, 7) is 6.44. The zero-order valence-corrected chi connectivity index (χ0v) is 10.9. The molecule has 0 radical (unpaired) electrons.